The number of aromatic nitrogens is 1. The average Bonchev–Trinajstić information content (AvgIpc) is 3.15. The van der Waals surface area contributed by atoms with Gasteiger partial charge in [0.2, 0.25) is 0 Å². The van der Waals surface area contributed by atoms with Gasteiger partial charge in [0.05, 0.1) is 20.8 Å². The molecule has 0 unspecified atom stereocenters. The van der Waals surface area contributed by atoms with Gasteiger partial charge in [-0.2, -0.15) is 4.99 Å². The first-order valence-electron chi connectivity index (χ1n) is 10.6. The van der Waals surface area contributed by atoms with Crippen LogP contribution in [-0.4, -0.2) is 25.9 Å². The maximum atomic E-state index is 13.0. The highest BCUT2D eigenvalue weighted by Crippen LogP contribution is 2.22. The summed E-state index contributed by atoms with van der Waals surface area (Å²) in [6.45, 7) is 4.89. The fourth-order valence-electron chi connectivity index (χ4n) is 3.56. The Hall–Kier alpha value is -3.23. The predicted molar refractivity (Wildman–Crippen MR) is 133 cm³/mol. The number of aryl methyl sites for hydroxylation is 2. The van der Waals surface area contributed by atoms with Crippen LogP contribution in [0, 0.1) is 6.92 Å². The molecule has 0 aliphatic heterocycles. The van der Waals surface area contributed by atoms with Crippen LogP contribution in [0.2, 0.25) is 0 Å². The van der Waals surface area contributed by atoms with E-state index in [0.717, 1.165) is 28.7 Å². The summed E-state index contributed by atoms with van der Waals surface area (Å²) in [4.78, 5) is 18.0. The van der Waals surface area contributed by atoms with Crippen molar-refractivity contribution in [2.75, 3.05) is 11.4 Å². The third-order valence-corrected chi connectivity index (χ3v) is 8.20. The van der Waals surface area contributed by atoms with Crippen molar-refractivity contribution < 1.29 is 13.2 Å². The molecule has 8 heteroatoms. The Labute approximate surface area is 197 Å². The third-order valence-electron chi connectivity index (χ3n) is 5.36. The van der Waals surface area contributed by atoms with Crippen molar-refractivity contribution in [2.24, 2.45) is 4.99 Å². The van der Waals surface area contributed by atoms with Crippen LogP contribution in [0.5, 0.6) is 0 Å². The zero-order valence-electron chi connectivity index (χ0n) is 18.7. The van der Waals surface area contributed by atoms with Gasteiger partial charge in [-0.1, -0.05) is 42.5 Å². The molecule has 0 saturated carbocycles. The van der Waals surface area contributed by atoms with Gasteiger partial charge < -0.3 is 4.57 Å². The number of amides is 1. The number of para-hydroxylation sites is 1. The second kappa shape index (κ2) is 9.33. The lowest BCUT2D eigenvalue weighted by Crippen LogP contribution is -2.26. The number of carbonyl (C=O) groups is 1. The van der Waals surface area contributed by atoms with Gasteiger partial charge in [0.1, 0.15) is 0 Å². The summed E-state index contributed by atoms with van der Waals surface area (Å²) in [5.74, 6) is -0.400. The molecule has 0 N–H and O–H groups in total. The molecule has 1 aromatic heterocycles. The lowest BCUT2D eigenvalue weighted by molar-refractivity contribution is 0.0997. The van der Waals surface area contributed by atoms with Crippen molar-refractivity contribution in [3.05, 3.63) is 88.7 Å². The van der Waals surface area contributed by atoms with Crippen molar-refractivity contribution in [2.45, 2.75) is 31.7 Å². The summed E-state index contributed by atoms with van der Waals surface area (Å²) < 4.78 is 30.3. The number of fused-ring (bicyclic) bond motifs is 1. The molecule has 6 nitrogen and oxygen atoms in total. The van der Waals surface area contributed by atoms with Crippen LogP contribution in [0.3, 0.4) is 0 Å². The average molecular weight is 480 g/mol. The quantitative estimate of drug-likeness (QED) is 0.391. The highest BCUT2D eigenvalue weighted by Gasteiger charge is 2.21. The molecule has 0 bridgehead atoms. The van der Waals surface area contributed by atoms with Crippen LogP contribution in [0.4, 0.5) is 5.69 Å². The van der Waals surface area contributed by atoms with E-state index in [1.807, 2.05) is 13.0 Å². The van der Waals surface area contributed by atoms with Crippen LogP contribution in [0.1, 0.15) is 29.3 Å². The number of benzene rings is 3. The lowest BCUT2D eigenvalue weighted by atomic mass is 10.2. The molecule has 0 spiro atoms. The van der Waals surface area contributed by atoms with E-state index in [0.29, 0.717) is 16.1 Å². The van der Waals surface area contributed by atoms with E-state index < -0.39 is 15.9 Å². The Morgan fingerprint density at radius 3 is 2.39 bits per heavy atom. The second-order valence-corrected chi connectivity index (χ2v) is 10.7. The van der Waals surface area contributed by atoms with Gasteiger partial charge in [0, 0.05) is 19.2 Å². The fourth-order valence-corrected chi connectivity index (χ4v) is 5.91. The minimum Gasteiger partial charge on any atom is -0.316 e. The molecule has 0 aliphatic rings. The van der Waals surface area contributed by atoms with Crippen molar-refractivity contribution >= 4 is 43.2 Å². The number of hydrogen-bond donors (Lipinski definition) is 0. The first-order chi connectivity index (χ1) is 15.8. The number of sulfonamides is 1. The van der Waals surface area contributed by atoms with E-state index in [9.17, 15) is 13.2 Å². The molecule has 0 aliphatic carbocycles. The Morgan fingerprint density at radius 1 is 1.03 bits per heavy atom. The number of anilines is 1. The van der Waals surface area contributed by atoms with Crippen LogP contribution in [-0.2, 0) is 16.6 Å². The zero-order valence-corrected chi connectivity index (χ0v) is 20.4. The normalized spacial score (nSPS) is 12.3. The minimum atomic E-state index is -3.74. The molecule has 0 radical (unpaired) electrons. The first-order valence-corrected chi connectivity index (χ1v) is 12.9. The Morgan fingerprint density at radius 2 is 1.73 bits per heavy atom. The Bertz CT molecular complexity index is 1470. The smallest absolute Gasteiger partial charge is 0.279 e. The van der Waals surface area contributed by atoms with Gasteiger partial charge in [-0.05, 0) is 67.4 Å². The first kappa shape index (κ1) is 22.9. The topological polar surface area (TPSA) is 71.7 Å². The molecule has 170 valence electrons. The summed E-state index contributed by atoms with van der Waals surface area (Å²) in [5, 5.41) is 0. The molecule has 3 aromatic carbocycles. The zero-order chi connectivity index (χ0) is 23.6. The molecule has 1 amide bonds. The number of thiazole rings is 1. The van der Waals surface area contributed by atoms with Gasteiger partial charge in [-0.25, -0.2) is 8.42 Å². The molecule has 0 saturated heterocycles. The minimum absolute atomic E-state index is 0.115. The van der Waals surface area contributed by atoms with E-state index in [1.165, 1.54) is 47.0 Å². The Balaban J connectivity index is 1.66. The lowest BCUT2D eigenvalue weighted by Gasteiger charge is -2.19. The van der Waals surface area contributed by atoms with E-state index in [1.54, 1.807) is 24.3 Å². The maximum Gasteiger partial charge on any atom is 0.279 e. The van der Waals surface area contributed by atoms with Crippen molar-refractivity contribution in [1.82, 2.24) is 4.57 Å². The molecule has 4 aromatic rings. The monoisotopic (exact) mass is 479 g/mol. The van der Waals surface area contributed by atoms with E-state index >= 15 is 0 Å². The molecule has 0 fully saturated rings. The Kier molecular flexibility index (Phi) is 6.49. The molecular weight excluding hydrogens is 454 g/mol. The molecule has 4 rings (SSSR count). The summed E-state index contributed by atoms with van der Waals surface area (Å²) in [5.41, 5.74) is 3.12. The van der Waals surface area contributed by atoms with Crippen molar-refractivity contribution in [3.63, 3.8) is 0 Å². The van der Waals surface area contributed by atoms with Gasteiger partial charge in [-0.15, -0.1) is 0 Å². The SMILES string of the molecule is CCCn1c(=NC(=O)c2ccc(S(=O)(=O)N(C)c3ccccc3)cc2)sc2cc(C)ccc21. The van der Waals surface area contributed by atoms with Crippen molar-refractivity contribution in [3.8, 4) is 0 Å². The standard InChI is InChI=1S/C25H25N3O3S2/c1-4-16-28-22-15-10-18(2)17-23(22)32-25(28)26-24(29)19-11-13-21(14-12-19)33(30,31)27(3)20-8-6-5-7-9-20/h5-15,17H,4,16H2,1-3H3. The molecule has 33 heavy (non-hydrogen) atoms. The summed E-state index contributed by atoms with van der Waals surface area (Å²) in [6, 6.07) is 21.0. The van der Waals surface area contributed by atoms with Gasteiger partial charge in [0.15, 0.2) is 4.80 Å². The van der Waals surface area contributed by atoms with Crippen LogP contribution in [0.15, 0.2) is 82.7 Å². The number of hydrogen-bond acceptors (Lipinski definition) is 4. The van der Waals surface area contributed by atoms with Gasteiger partial charge >= 0.3 is 0 Å². The summed E-state index contributed by atoms with van der Waals surface area (Å²) in [6.07, 6.45) is 0.919. The van der Waals surface area contributed by atoms with Crippen molar-refractivity contribution in [1.29, 1.82) is 0 Å². The van der Waals surface area contributed by atoms with E-state index in [4.69, 9.17) is 0 Å². The number of nitrogens with zero attached hydrogens (tertiary/aromatic N) is 3. The highest BCUT2D eigenvalue weighted by atomic mass is 32.2. The highest BCUT2D eigenvalue weighted by molar-refractivity contribution is 7.92. The van der Waals surface area contributed by atoms with E-state index in [2.05, 4.69) is 34.7 Å². The molecular formula is C25H25N3O3S2. The van der Waals surface area contributed by atoms with Gasteiger partial charge in [-0.3, -0.25) is 9.10 Å². The van der Waals surface area contributed by atoms with Crippen LogP contribution < -0.4 is 9.11 Å². The third kappa shape index (κ3) is 4.62. The molecule has 0 atom stereocenters. The number of rotatable bonds is 6. The van der Waals surface area contributed by atoms with Crippen LogP contribution in [0.25, 0.3) is 10.2 Å². The van der Waals surface area contributed by atoms with Gasteiger partial charge in [0.25, 0.3) is 15.9 Å². The molecule has 1 heterocycles. The summed E-state index contributed by atoms with van der Waals surface area (Å²) >= 11 is 1.48. The maximum absolute atomic E-state index is 13.0. The second-order valence-electron chi connectivity index (χ2n) is 7.76. The summed E-state index contributed by atoms with van der Waals surface area (Å²) in [7, 11) is -2.23. The van der Waals surface area contributed by atoms with E-state index in [-0.39, 0.29) is 4.90 Å². The predicted octanol–water partition coefficient (Wildman–Crippen LogP) is 4.99. The fraction of sp³-hybridized carbons (Fsp3) is 0.200. The van der Waals surface area contributed by atoms with Crippen LogP contribution >= 0.6 is 11.3 Å². The number of carbonyl (C=O) groups excluding carboxylic acids is 1. The largest absolute Gasteiger partial charge is 0.316 e.